The molecule has 5 nitrogen and oxygen atoms in total. The van der Waals surface area contributed by atoms with Gasteiger partial charge in [-0.05, 0) is 44.2 Å². The molecule has 1 heterocycles. The van der Waals surface area contributed by atoms with Crippen LogP contribution in [-0.2, 0) is 11.2 Å². The SMILES string of the molecule is CC1CCc2ccccc2N1CC(=O)NC(=O)NC1CCCCC1. The minimum atomic E-state index is -0.357. The summed E-state index contributed by atoms with van der Waals surface area (Å²) in [6.07, 6.45) is 7.64. The largest absolute Gasteiger partial charge is 0.359 e. The van der Waals surface area contributed by atoms with Crippen LogP contribution in [0.3, 0.4) is 0 Å². The molecule has 1 aromatic rings. The number of anilines is 1. The molecule has 130 valence electrons. The molecule has 1 fully saturated rings. The number of carbonyl (C=O) groups is 2. The zero-order valence-electron chi connectivity index (χ0n) is 14.4. The van der Waals surface area contributed by atoms with Crippen molar-refractivity contribution in [3.8, 4) is 0 Å². The summed E-state index contributed by atoms with van der Waals surface area (Å²) in [5, 5.41) is 5.42. The van der Waals surface area contributed by atoms with E-state index in [1.165, 1.54) is 12.0 Å². The van der Waals surface area contributed by atoms with Crippen LogP contribution in [0.25, 0.3) is 0 Å². The van der Waals surface area contributed by atoms with Gasteiger partial charge < -0.3 is 10.2 Å². The Morgan fingerprint density at radius 2 is 1.88 bits per heavy atom. The maximum atomic E-state index is 12.3. The number of fused-ring (bicyclic) bond motifs is 1. The first kappa shape index (κ1) is 16.8. The van der Waals surface area contributed by atoms with Gasteiger partial charge >= 0.3 is 6.03 Å². The highest BCUT2D eigenvalue weighted by Crippen LogP contribution is 2.29. The van der Waals surface area contributed by atoms with Crippen LogP contribution in [0.1, 0.15) is 51.0 Å². The van der Waals surface area contributed by atoms with E-state index in [2.05, 4.69) is 34.6 Å². The molecule has 2 aliphatic rings. The van der Waals surface area contributed by atoms with Crippen molar-refractivity contribution in [1.82, 2.24) is 10.6 Å². The summed E-state index contributed by atoms with van der Waals surface area (Å²) in [5.41, 5.74) is 2.38. The van der Waals surface area contributed by atoms with Gasteiger partial charge in [-0.25, -0.2) is 4.79 Å². The number of nitrogens with one attached hydrogen (secondary N) is 2. The highest BCUT2D eigenvalue weighted by atomic mass is 16.2. The molecule has 1 aliphatic carbocycles. The fraction of sp³-hybridized carbons (Fsp3) is 0.579. The molecule has 0 aromatic heterocycles. The van der Waals surface area contributed by atoms with Crippen molar-refractivity contribution in [3.63, 3.8) is 0 Å². The Labute approximate surface area is 143 Å². The van der Waals surface area contributed by atoms with Crippen LogP contribution in [0.5, 0.6) is 0 Å². The lowest BCUT2D eigenvalue weighted by atomic mass is 9.96. The molecule has 1 saturated carbocycles. The van der Waals surface area contributed by atoms with Crippen LogP contribution >= 0.6 is 0 Å². The van der Waals surface area contributed by atoms with E-state index in [0.29, 0.717) is 6.04 Å². The van der Waals surface area contributed by atoms with Crippen molar-refractivity contribution in [2.75, 3.05) is 11.4 Å². The summed E-state index contributed by atoms with van der Waals surface area (Å²) in [6.45, 7) is 2.35. The second-order valence-corrected chi connectivity index (χ2v) is 7.00. The minimum Gasteiger partial charge on any atom is -0.359 e. The van der Waals surface area contributed by atoms with Gasteiger partial charge in [0.25, 0.3) is 0 Å². The number of imide groups is 1. The number of para-hydroxylation sites is 1. The Balaban J connectivity index is 1.55. The average molecular weight is 329 g/mol. The molecule has 1 aromatic carbocycles. The van der Waals surface area contributed by atoms with Crippen molar-refractivity contribution in [2.45, 2.75) is 64.0 Å². The zero-order chi connectivity index (χ0) is 16.9. The molecule has 3 amide bonds. The lowest BCUT2D eigenvalue weighted by molar-refractivity contribution is -0.118. The van der Waals surface area contributed by atoms with E-state index < -0.39 is 0 Å². The summed E-state index contributed by atoms with van der Waals surface area (Å²) >= 11 is 0. The Kier molecular flexibility index (Phi) is 5.38. The van der Waals surface area contributed by atoms with E-state index in [-0.39, 0.29) is 24.5 Å². The van der Waals surface area contributed by atoms with Crippen LogP contribution in [0, 0.1) is 0 Å². The highest BCUT2D eigenvalue weighted by molar-refractivity contribution is 5.96. The summed E-state index contributed by atoms with van der Waals surface area (Å²) in [4.78, 5) is 26.4. The number of rotatable bonds is 3. The lowest BCUT2D eigenvalue weighted by Gasteiger charge is -2.36. The topological polar surface area (TPSA) is 61.4 Å². The van der Waals surface area contributed by atoms with Crippen molar-refractivity contribution < 1.29 is 9.59 Å². The number of hydrogen-bond donors (Lipinski definition) is 2. The number of amides is 3. The molecule has 24 heavy (non-hydrogen) atoms. The number of nitrogens with zero attached hydrogens (tertiary/aromatic N) is 1. The standard InChI is InChI=1S/C19H27N3O2/c1-14-11-12-15-7-5-6-10-17(15)22(14)13-18(23)21-19(24)20-16-8-3-2-4-9-16/h5-7,10,14,16H,2-4,8-9,11-13H2,1H3,(H2,20,21,23,24). The van der Waals surface area contributed by atoms with Gasteiger partial charge in [-0.3, -0.25) is 10.1 Å². The van der Waals surface area contributed by atoms with E-state index in [9.17, 15) is 9.59 Å². The van der Waals surface area contributed by atoms with Crippen LogP contribution in [0.4, 0.5) is 10.5 Å². The normalized spacial score (nSPS) is 21.0. The maximum Gasteiger partial charge on any atom is 0.321 e. The molecule has 1 atom stereocenters. The van der Waals surface area contributed by atoms with Crippen LogP contribution < -0.4 is 15.5 Å². The first-order valence-electron chi connectivity index (χ1n) is 9.08. The molecule has 1 unspecified atom stereocenters. The first-order chi connectivity index (χ1) is 11.6. The number of benzene rings is 1. The van der Waals surface area contributed by atoms with Gasteiger partial charge in [0.2, 0.25) is 5.91 Å². The van der Waals surface area contributed by atoms with Crippen LogP contribution in [0.15, 0.2) is 24.3 Å². The Bertz CT molecular complexity index is 596. The summed E-state index contributed by atoms with van der Waals surface area (Å²) in [7, 11) is 0. The quantitative estimate of drug-likeness (QED) is 0.896. The molecule has 0 bridgehead atoms. The maximum absolute atomic E-state index is 12.3. The molecule has 1 aliphatic heterocycles. The molecule has 0 saturated heterocycles. The molecule has 5 heteroatoms. The van der Waals surface area contributed by atoms with Gasteiger partial charge in [0.1, 0.15) is 0 Å². The van der Waals surface area contributed by atoms with E-state index in [4.69, 9.17) is 0 Å². The minimum absolute atomic E-state index is 0.209. The Morgan fingerprint density at radius 3 is 2.67 bits per heavy atom. The highest BCUT2D eigenvalue weighted by Gasteiger charge is 2.25. The molecule has 2 N–H and O–H groups in total. The molecular weight excluding hydrogens is 302 g/mol. The Hall–Kier alpha value is -2.04. The molecule has 0 spiro atoms. The smallest absolute Gasteiger partial charge is 0.321 e. The number of aryl methyl sites for hydroxylation is 1. The number of carbonyl (C=O) groups excluding carboxylic acids is 2. The summed E-state index contributed by atoms with van der Waals surface area (Å²) in [6, 6.07) is 8.35. The summed E-state index contributed by atoms with van der Waals surface area (Å²) in [5.74, 6) is -0.244. The average Bonchev–Trinajstić information content (AvgIpc) is 2.58. The third-order valence-electron chi connectivity index (χ3n) is 5.17. The predicted molar refractivity (Wildman–Crippen MR) is 95.1 cm³/mol. The lowest BCUT2D eigenvalue weighted by Crippen LogP contribution is -2.50. The van der Waals surface area contributed by atoms with Gasteiger partial charge in [0.15, 0.2) is 0 Å². The predicted octanol–water partition coefficient (Wildman–Crippen LogP) is 2.99. The molecule has 3 rings (SSSR count). The van der Waals surface area contributed by atoms with E-state index in [1.807, 2.05) is 12.1 Å². The van der Waals surface area contributed by atoms with Crippen molar-refractivity contribution >= 4 is 17.6 Å². The van der Waals surface area contributed by atoms with E-state index in [1.54, 1.807) is 0 Å². The molecular formula is C19H27N3O2. The van der Waals surface area contributed by atoms with E-state index >= 15 is 0 Å². The van der Waals surface area contributed by atoms with Gasteiger partial charge in [-0.15, -0.1) is 0 Å². The third-order valence-corrected chi connectivity index (χ3v) is 5.17. The third kappa shape index (κ3) is 4.08. The van der Waals surface area contributed by atoms with Crippen molar-refractivity contribution in [2.24, 2.45) is 0 Å². The van der Waals surface area contributed by atoms with Gasteiger partial charge in [-0.1, -0.05) is 37.5 Å². The monoisotopic (exact) mass is 329 g/mol. The fourth-order valence-corrected chi connectivity index (χ4v) is 3.79. The molecule has 0 radical (unpaired) electrons. The van der Waals surface area contributed by atoms with Gasteiger partial charge in [-0.2, -0.15) is 0 Å². The van der Waals surface area contributed by atoms with Gasteiger partial charge in [0.05, 0.1) is 6.54 Å². The second-order valence-electron chi connectivity index (χ2n) is 7.00. The second kappa shape index (κ2) is 7.69. The Morgan fingerprint density at radius 1 is 1.12 bits per heavy atom. The van der Waals surface area contributed by atoms with Gasteiger partial charge in [0, 0.05) is 17.8 Å². The number of hydrogen-bond acceptors (Lipinski definition) is 3. The zero-order valence-corrected chi connectivity index (χ0v) is 14.4. The fourth-order valence-electron chi connectivity index (χ4n) is 3.79. The first-order valence-corrected chi connectivity index (χ1v) is 9.08. The summed E-state index contributed by atoms with van der Waals surface area (Å²) < 4.78 is 0. The van der Waals surface area contributed by atoms with Crippen LogP contribution in [0.2, 0.25) is 0 Å². The van der Waals surface area contributed by atoms with E-state index in [0.717, 1.165) is 44.2 Å². The van der Waals surface area contributed by atoms with Crippen LogP contribution in [-0.4, -0.2) is 30.6 Å². The van der Waals surface area contributed by atoms with Crippen molar-refractivity contribution in [1.29, 1.82) is 0 Å². The van der Waals surface area contributed by atoms with Crippen molar-refractivity contribution in [3.05, 3.63) is 29.8 Å². The number of urea groups is 1.